The summed E-state index contributed by atoms with van der Waals surface area (Å²) in [5, 5.41) is 9.70. The van der Waals surface area contributed by atoms with E-state index in [-0.39, 0.29) is 25.6 Å². The monoisotopic (exact) mass is 760 g/mol. The summed E-state index contributed by atoms with van der Waals surface area (Å²) in [5.74, 6) is -1.05. The van der Waals surface area contributed by atoms with E-state index in [1.54, 1.807) is 0 Å². The van der Waals surface area contributed by atoms with Crippen molar-refractivity contribution >= 4 is 19.8 Å². The Balaban J connectivity index is 4.20. The number of hydrogen-bond donors (Lipinski definition) is 3. The second-order valence-electron chi connectivity index (χ2n) is 12.7. The quantitative estimate of drug-likeness (QED) is 0.0253. The highest BCUT2D eigenvalue weighted by Crippen LogP contribution is 2.35. The van der Waals surface area contributed by atoms with Gasteiger partial charge in [-0.05, 0) is 89.9 Å². The molecular weight excluding hydrogens is 691 g/mol. The lowest BCUT2D eigenvalue weighted by molar-refractivity contribution is -0.161. The molecule has 0 rings (SSSR count). The average molecular weight is 761 g/mol. The molecule has 0 saturated heterocycles. The smallest absolute Gasteiger partial charge is 0.462 e. The number of carbonyl (C=O) groups is 2. The molecule has 3 N–H and O–H groups in total. The van der Waals surface area contributed by atoms with Crippen molar-refractivity contribution in [2.45, 2.75) is 148 Å². The summed E-state index contributed by atoms with van der Waals surface area (Å²) in [6.07, 6.45) is 47.7. The van der Waals surface area contributed by atoms with Crippen molar-refractivity contribution in [3.05, 3.63) is 97.2 Å². The number of hydrogen-bond acceptors (Lipinski definition) is 7. The number of aliphatic hydroxyl groups excluding tert-OH is 1. The van der Waals surface area contributed by atoms with Gasteiger partial charge in [-0.25, -0.2) is 4.57 Å². The Morgan fingerprint density at radius 3 is 1.45 bits per heavy atom. The van der Waals surface area contributed by atoms with Crippen LogP contribution in [0.2, 0.25) is 0 Å². The summed E-state index contributed by atoms with van der Waals surface area (Å²) >= 11 is 0. The van der Waals surface area contributed by atoms with Crippen molar-refractivity contribution < 1.29 is 43.0 Å². The van der Waals surface area contributed by atoms with Gasteiger partial charge in [0.15, 0.2) is 6.10 Å². The van der Waals surface area contributed by atoms with Gasteiger partial charge in [0.2, 0.25) is 0 Å². The molecule has 53 heavy (non-hydrogen) atoms. The van der Waals surface area contributed by atoms with Crippen LogP contribution in [0.15, 0.2) is 97.2 Å². The number of phosphoric ester groups is 1. The second-order valence-corrected chi connectivity index (χ2v) is 14.0. The van der Waals surface area contributed by atoms with Gasteiger partial charge >= 0.3 is 19.8 Å². The van der Waals surface area contributed by atoms with Crippen LogP contribution in [0.5, 0.6) is 0 Å². The molecule has 0 aromatic carbocycles. The number of phosphoric acid groups is 1. The van der Waals surface area contributed by atoms with Crippen LogP contribution in [-0.4, -0.2) is 52.3 Å². The zero-order chi connectivity index (χ0) is 39.1. The lowest BCUT2D eigenvalue weighted by Gasteiger charge is -2.18. The molecule has 0 saturated carbocycles. The third-order valence-electron chi connectivity index (χ3n) is 7.63. The molecule has 0 aliphatic heterocycles. The molecule has 10 heteroatoms. The normalized spacial score (nSPS) is 14.1. The first-order valence-corrected chi connectivity index (χ1v) is 21.1. The Kier molecular flexibility index (Phi) is 35.1. The molecular formula is C43H69O9P. The van der Waals surface area contributed by atoms with Crippen molar-refractivity contribution in [3.63, 3.8) is 0 Å². The number of allylic oxidation sites excluding steroid dienone is 15. The van der Waals surface area contributed by atoms with Gasteiger partial charge in [0.05, 0.1) is 12.7 Å². The van der Waals surface area contributed by atoms with E-state index in [2.05, 4.69) is 91.3 Å². The second kappa shape index (κ2) is 37.3. The van der Waals surface area contributed by atoms with Gasteiger partial charge in [-0.3, -0.25) is 14.1 Å². The molecule has 0 spiro atoms. The number of carbonyl (C=O) groups excluding carboxylic acids is 2. The first kappa shape index (κ1) is 49.9. The van der Waals surface area contributed by atoms with E-state index in [1.807, 2.05) is 24.3 Å². The van der Waals surface area contributed by atoms with Crippen LogP contribution in [0.4, 0.5) is 0 Å². The third-order valence-corrected chi connectivity index (χ3v) is 8.12. The summed E-state index contributed by atoms with van der Waals surface area (Å²) < 4.78 is 26.2. The van der Waals surface area contributed by atoms with Crippen LogP contribution in [0.1, 0.15) is 136 Å². The fourth-order valence-electron chi connectivity index (χ4n) is 4.72. The van der Waals surface area contributed by atoms with E-state index in [0.29, 0.717) is 32.1 Å². The highest BCUT2D eigenvalue weighted by atomic mass is 31.2. The molecule has 0 amide bonds. The first-order valence-electron chi connectivity index (χ1n) is 19.6. The van der Waals surface area contributed by atoms with Crippen LogP contribution >= 0.6 is 7.82 Å². The molecule has 1 unspecified atom stereocenters. The van der Waals surface area contributed by atoms with E-state index >= 15 is 0 Å². The first-order chi connectivity index (χ1) is 25.7. The van der Waals surface area contributed by atoms with E-state index in [1.165, 1.54) is 19.3 Å². The molecule has 0 aromatic heterocycles. The van der Waals surface area contributed by atoms with Crippen LogP contribution in [-0.2, 0) is 28.2 Å². The van der Waals surface area contributed by atoms with Gasteiger partial charge in [0.25, 0.3) is 0 Å². The molecule has 0 aromatic rings. The number of esters is 2. The predicted octanol–water partition coefficient (Wildman–Crippen LogP) is 10.8. The van der Waals surface area contributed by atoms with E-state index in [4.69, 9.17) is 19.3 Å². The van der Waals surface area contributed by atoms with Crippen LogP contribution in [0, 0.1) is 0 Å². The number of unbranched alkanes of at least 4 members (excludes halogenated alkanes) is 5. The predicted molar refractivity (Wildman–Crippen MR) is 217 cm³/mol. The standard InChI is InChI=1S/C43H69O9P/c1-3-5-6-7-8-9-10-11-12-13-14-17-20-23-26-29-32-36-42(45)50-38-41(39-51-53(47,48)49)52-43(46)37-33-30-27-24-21-18-15-16-19-22-25-28-31-35-40(44)34-4-2/h8-9,11-12,14-15,17-19,22-24,26-28,31,40-41,44H,3-7,10,13,16,20-21,25,29-30,32-39H2,1-2H3,(H2,47,48,49)/b9-8-,12-11-,17-14-,18-15-,22-19-,26-23-,27-24-,31-28-/t40?,41-/m1/s1. The molecule has 2 atom stereocenters. The van der Waals surface area contributed by atoms with Crippen LogP contribution in [0.3, 0.4) is 0 Å². The fraction of sp³-hybridized carbons (Fsp3) is 0.581. The third kappa shape index (κ3) is 40.0. The maximum atomic E-state index is 12.4. The van der Waals surface area contributed by atoms with Crippen molar-refractivity contribution in [2.75, 3.05) is 13.2 Å². The van der Waals surface area contributed by atoms with Crippen LogP contribution in [0.25, 0.3) is 0 Å². The summed E-state index contributed by atoms with van der Waals surface area (Å²) in [4.78, 5) is 42.7. The van der Waals surface area contributed by atoms with Crippen molar-refractivity contribution in [1.29, 1.82) is 0 Å². The van der Waals surface area contributed by atoms with Gasteiger partial charge in [-0.1, -0.05) is 130 Å². The zero-order valence-corrected chi connectivity index (χ0v) is 33.4. The lowest BCUT2D eigenvalue weighted by atomic mass is 10.1. The van der Waals surface area contributed by atoms with Crippen molar-refractivity contribution in [3.8, 4) is 0 Å². The Morgan fingerprint density at radius 1 is 0.566 bits per heavy atom. The van der Waals surface area contributed by atoms with Gasteiger partial charge in [0.1, 0.15) is 6.61 Å². The Hall–Kier alpha value is -3.07. The van der Waals surface area contributed by atoms with Gasteiger partial charge in [-0.15, -0.1) is 0 Å². The van der Waals surface area contributed by atoms with Crippen molar-refractivity contribution in [2.24, 2.45) is 0 Å². The summed E-state index contributed by atoms with van der Waals surface area (Å²) in [6, 6.07) is 0. The molecule has 0 heterocycles. The summed E-state index contributed by atoms with van der Waals surface area (Å²) in [5.41, 5.74) is 0. The molecule has 0 bridgehead atoms. The van der Waals surface area contributed by atoms with Gasteiger partial charge in [0, 0.05) is 12.8 Å². The SMILES string of the molecule is CCCCC/C=C\C/C=C\C/C=C\C/C=C\CCCC(=O)OC[C@H](COP(=O)(O)O)OC(=O)CCC/C=C\C/C=C\C/C=C\C/C=C\CC(O)CCC. The highest BCUT2D eigenvalue weighted by Gasteiger charge is 2.22. The summed E-state index contributed by atoms with van der Waals surface area (Å²) in [7, 11) is -4.79. The lowest BCUT2D eigenvalue weighted by Crippen LogP contribution is -2.29. The van der Waals surface area contributed by atoms with Crippen molar-refractivity contribution in [1.82, 2.24) is 0 Å². The average Bonchev–Trinajstić information content (AvgIpc) is 3.12. The van der Waals surface area contributed by atoms with E-state index < -0.39 is 32.5 Å². The molecule has 9 nitrogen and oxygen atoms in total. The van der Waals surface area contributed by atoms with E-state index in [9.17, 15) is 19.3 Å². The molecule has 0 fully saturated rings. The zero-order valence-electron chi connectivity index (χ0n) is 32.5. The Labute approximate surface area is 320 Å². The molecule has 300 valence electrons. The maximum Gasteiger partial charge on any atom is 0.469 e. The Morgan fingerprint density at radius 2 is 1.00 bits per heavy atom. The number of ether oxygens (including phenoxy) is 2. The molecule has 0 aliphatic carbocycles. The summed E-state index contributed by atoms with van der Waals surface area (Å²) in [6.45, 7) is 3.34. The van der Waals surface area contributed by atoms with Crippen LogP contribution < -0.4 is 0 Å². The maximum absolute atomic E-state index is 12.4. The largest absolute Gasteiger partial charge is 0.469 e. The minimum atomic E-state index is -4.79. The number of rotatable bonds is 34. The number of aliphatic hydroxyl groups is 1. The Bertz CT molecular complexity index is 1190. The van der Waals surface area contributed by atoms with E-state index in [0.717, 1.165) is 57.8 Å². The topological polar surface area (TPSA) is 140 Å². The fourth-order valence-corrected chi connectivity index (χ4v) is 5.08. The van der Waals surface area contributed by atoms with Gasteiger partial charge in [-0.2, -0.15) is 0 Å². The molecule has 0 aliphatic rings. The van der Waals surface area contributed by atoms with Gasteiger partial charge < -0.3 is 24.4 Å². The highest BCUT2D eigenvalue weighted by molar-refractivity contribution is 7.46. The minimum Gasteiger partial charge on any atom is -0.462 e. The molecule has 0 radical (unpaired) electrons. The minimum absolute atomic E-state index is 0.104.